The van der Waals surface area contributed by atoms with Crippen LogP contribution < -0.4 is 10.1 Å². The Balaban J connectivity index is 2.09. The maximum absolute atomic E-state index is 10.6. The fraction of sp³-hybridized carbons (Fsp3) is 0.462. The molecule has 4 heteroatoms. The van der Waals surface area contributed by atoms with Crippen LogP contribution in [0.25, 0.3) is 0 Å². The second-order valence-corrected chi connectivity index (χ2v) is 4.04. The molecule has 0 spiro atoms. The summed E-state index contributed by atoms with van der Waals surface area (Å²) in [6, 6.07) is 5.78. The molecule has 0 unspecified atom stereocenters. The number of epoxide rings is 1. The van der Waals surface area contributed by atoms with Crippen LogP contribution in [-0.4, -0.2) is 19.6 Å². The first kappa shape index (κ1) is 11.9. The van der Waals surface area contributed by atoms with Gasteiger partial charge in [-0.3, -0.25) is 4.79 Å². The minimum absolute atomic E-state index is 0.187. The third-order valence-corrected chi connectivity index (χ3v) is 2.68. The predicted molar refractivity (Wildman–Crippen MR) is 65.2 cm³/mol. The molecular formula is C13H17NO3. The SMILES string of the molecule is CCCCOc1ccc([C@@H]2CO2)cc1NC=O. The van der Waals surface area contributed by atoms with E-state index >= 15 is 0 Å². The average Bonchev–Trinajstić information content (AvgIpc) is 3.15. The first-order valence-electron chi connectivity index (χ1n) is 5.93. The lowest BCUT2D eigenvalue weighted by Crippen LogP contribution is -2.02. The van der Waals surface area contributed by atoms with Crippen LogP contribution in [0.3, 0.4) is 0 Å². The normalized spacial score (nSPS) is 17.6. The van der Waals surface area contributed by atoms with E-state index in [4.69, 9.17) is 9.47 Å². The Bertz CT molecular complexity index is 388. The first-order chi connectivity index (χ1) is 8.35. The van der Waals surface area contributed by atoms with Gasteiger partial charge in [0.1, 0.15) is 11.9 Å². The van der Waals surface area contributed by atoms with Gasteiger partial charge in [-0.1, -0.05) is 19.4 Å². The number of carbonyl (C=O) groups excluding carboxylic acids is 1. The lowest BCUT2D eigenvalue weighted by molar-refractivity contribution is -0.105. The Morgan fingerprint density at radius 1 is 1.59 bits per heavy atom. The standard InChI is InChI=1S/C13H17NO3/c1-2-3-6-16-12-5-4-10(13-8-17-13)7-11(12)14-9-15/h4-5,7,9,13H,2-3,6,8H2,1H3,(H,14,15)/t13-/m0/s1. The minimum Gasteiger partial charge on any atom is -0.491 e. The van der Waals surface area contributed by atoms with Crippen molar-refractivity contribution < 1.29 is 14.3 Å². The van der Waals surface area contributed by atoms with Crippen molar-refractivity contribution in [3.8, 4) is 5.75 Å². The fourth-order valence-corrected chi connectivity index (χ4v) is 1.62. The van der Waals surface area contributed by atoms with Gasteiger partial charge in [0.15, 0.2) is 0 Å². The molecule has 1 amide bonds. The van der Waals surface area contributed by atoms with Crippen molar-refractivity contribution in [3.63, 3.8) is 0 Å². The molecule has 1 aliphatic heterocycles. The minimum atomic E-state index is 0.187. The van der Waals surface area contributed by atoms with Crippen molar-refractivity contribution in [3.05, 3.63) is 23.8 Å². The molecule has 17 heavy (non-hydrogen) atoms. The number of ether oxygens (including phenoxy) is 2. The number of rotatable bonds is 7. The van der Waals surface area contributed by atoms with Crippen molar-refractivity contribution in [2.45, 2.75) is 25.9 Å². The number of hydrogen-bond acceptors (Lipinski definition) is 3. The van der Waals surface area contributed by atoms with Gasteiger partial charge in [0, 0.05) is 0 Å². The molecule has 0 bridgehead atoms. The topological polar surface area (TPSA) is 50.9 Å². The van der Waals surface area contributed by atoms with Gasteiger partial charge in [0.05, 0.1) is 18.9 Å². The number of amides is 1. The van der Waals surface area contributed by atoms with Gasteiger partial charge in [-0.2, -0.15) is 0 Å². The predicted octanol–water partition coefficient (Wildman–Crippen LogP) is 2.51. The molecule has 1 atom stereocenters. The Morgan fingerprint density at radius 3 is 3.06 bits per heavy atom. The molecule has 0 aromatic heterocycles. The van der Waals surface area contributed by atoms with E-state index in [9.17, 15) is 4.79 Å². The molecule has 1 aromatic carbocycles. The van der Waals surface area contributed by atoms with Crippen molar-refractivity contribution in [2.75, 3.05) is 18.5 Å². The lowest BCUT2D eigenvalue weighted by atomic mass is 10.1. The van der Waals surface area contributed by atoms with Crippen LogP contribution in [0.5, 0.6) is 5.75 Å². The smallest absolute Gasteiger partial charge is 0.211 e. The van der Waals surface area contributed by atoms with E-state index in [1.54, 1.807) is 0 Å². The molecule has 0 aliphatic carbocycles. The van der Waals surface area contributed by atoms with E-state index in [0.717, 1.165) is 30.8 Å². The number of carbonyl (C=O) groups is 1. The molecule has 0 saturated carbocycles. The fourth-order valence-electron chi connectivity index (χ4n) is 1.62. The molecule has 1 heterocycles. The summed E-state index contributed by atoms with van der Waals surface area (Å²) in [5.74, 6) is 0.718. The van der Waals surface area contributed by atoms with Crippen LogP contribution in [0.15, 0.2) is 18.2 Å². The Kier molecular flexibility index (Phi) is 3.98. The zero-order chi connectivity index (χ0) is 12.1. The van der Waals surface area contributed by atoms with E-state index in [2.05, 4.69) is 12.2 Å². The second kappa shape index (κ2) is 5.68. The summed E-state index contributed by atoms with van der Waals surface area (Å²) < 4.78 is 10.8. The summed E-state index contributed by atoms with van der Waals surface area (Å²) in [6.45, 7) is 3.54. The largest absolute Gasteiger partial charge is 0.491 e. The Morgan fingerprint density at radius 2 is 2.41 bits per heavy atom. The number of anilines is 1. The lowest BCUT2D eigenvalue weighted by Gasteiger charge is -2.11. The molecule has 1 N–H and O–H groups in total. The van der Waals surface area contributed by atoms with Crippen LogP contribution in [0, 0.1) is 0 Å². The molecule has 0 radical (unpaired) electrons. The van der Waals surface area contributed by atoms with Crippen LogP contribution in [-0.2, 0) is 9.53 Å². The van der Waals surface area contributed by atoms with Gasteiger partial charge < -0.3 is 14.8 Å². The van der Waals surface area contributed by atoms with Gasteiger partial charge in [-0.25, -0.2) is 0 Å². The van der Waals surface area contributed by atoms with E-state index in [0.29, 0.717) is 18.7 Å². The van der Waals surface area contributed by atoms with Gasteiger partial charge >= 0.3 is 0 Å². The van der Waals surface area contributed by atoms with Crippen molar-refractivity contribution in [2.24, 2.45) is 0 Å². The zero-order valence-electron chi connectivity index (χ0n) is 9.94. The highest BCUT2D eigenvalue weighted by Gasteiger charge is 2.25. The number of hydrogen-bond donors (Lipinski definition) is 1. The number of benzene rings is 1. The summed E-state index contributed by atoms with van der Waals surface area (Å²) in [7, 11) is 0. The molecule has 1 aromatic rings. The van der Waals surface area contributed by atoms with E-state index in [-0.39, 0.29) is 6.10 Å². The number of nitrogens with one attached hydrogen (secondary N) is 1. The Hall–Kier alpha value is -1.55. The summed E-state index contributed by atoms with van der Waals surface area (Å²) in [5, 5.41) is 2.66. The summed E-state index contributed by atoms with van der Waals surface area (Å²) in [5.41, 5.74) is 1.79. The molecule has 1 fully saturated rings. The van der Waals surface area contributed by atoms with Crippen molar-refractivity contribution >= 4 is 12.1 Å². The van der Waals surface area contributed by atoms with Crippen molar-refractivity contribution in [1.29, 1.82) is 0 Å². The van der Waals surface area contributed by atoms with Crippen LogP contribution >= 0.6 is 0 Å². The third-order valence-electron chi connectivity index (χ3n) is 2.68. The number of unbranched alkanes of at least 4 members (excludes halogenated alkanes) is 1. The molecule has 4 nitrogen and oxygen atoms in total. The van der Waals surface area contributed by atoms with Crippen LogP contribution in [0.2, 0.25) is 0 Å². The van der Waals surface area contributed by atoms with Crippen LogP contribution in [0.4, 0.5) is 5.69 Å². The maximum Gasteiger partial charge on any atom is 0.211 e. The van der Waals surface area contributed by atoms with E-state index < -0.39 is 0 Å². The highest BCUT2D eigenvalue weighted by atomic mass is 16.6. The highest BCUT2D eigenvalue weighted by Crippen LogP contribution is 2.34. The zero-order valence-corrected chi connectivity index (χ0v) is 9.94. The van der Waals surface area contributed by atoms with Gasteiger partial charge in [0.2, 0.25) is 6.41 Å². The second-order valence-electron chi connectivity index (χ2n) is 4.04. The molecule has 1 aliphatic rings. The van der Waals surface area contributed by atoms with Gasteiger partial charge in [-0.15, -0.1) is 0 Å². The maximum atomic E-state index is 10.6. The Labute approximate surface area is 101 Å². The van der Waals surface area contributed by atoms with Gasteiger partial charge in [-0.05, 0) is 24.1 Å². The highest BCUT2D eigenvalue weighted by molar-refractivity contribution is 5.76. The third kappa shape index (κ3) is 3.20. The molecule has 2 rings (SSSR count). The first-order valence-corrected chi connectivity index (χ1v) is 5.93. The van der Waals surface area contributed by atoms with E-state index in [1.165, 1.54) is 0 Å². The molecular weight excluding hydrogens is 218 g/mol. The van der Waals surface area contributed by atoms with Crippen LogP contribution in [0.1, 0.15) is 31.4 Å². The quantitative estimate of drug-likeness (QED) is 0.449. The van der Waals surface area contributed by atoms with Gasteiger partial charge in [0.25, 0.3) is 0 Å². The van der Waals surface area contributed by atoms with E-state index in [1.807, 2.05) is 18.2 Å². The molecule has 92 valence electrons. The summed E-state index contributed by atoms with van der Waals surface area (Å²) >= 11 is 0. The average molecular weight is 235 g/mol. The monoisotopic (exact) mass is 235 g/mol. The molecule has 1 saturated heterocycles. The summed E-state index contributed by atoms with van der Waals surface area (Å²) in [4.78, 5) is 10.6. The summed E-state index contributed by atoms with van der Waals surface area (Å²) in [6.07, 6.45) is 2.95. The van der Waals surface area contributed by atoms with Crippen molar-refractivity contribution in [1.82, 2.24) is 0 Å².